The number of carbonyl (C=O) groups excluding carboxylic acids is 1. The molecule has 1 aliphatic heterocycles. The lowest BCUT2D eigenvalue weighted by molar-refractivity contribution is -0.139. The molecule has 7 heteroatoms. The minimum absolute atomic E-state index is 0.107. The SMILES string of the molecule is COc1ccc(-c2ccc(=O)n(CC(=O)N3CCO[C@H](c4ccccc4)C3)n2)cc1. The Morgan fingerprint density at radius 3 is 2.60 bits per heavy atom. The normalized spacial score (nSPS) is 16.3. The van der Waals surface area contributed by atoms with Crippen molar-refractivity contribution < 1.29 is 14.3 Å². The molecule has 4 rings (SSSR count). The molecule has 0 unspecified atom stereocenters. The summed E-state index contributed by atoms with van der Waals surface area (Å²) in [6.07, 6.45) is -0.167. The monoisotopic (exact) mass is 405 g/mol. The minimum atomic E-state index is -0.312. The third kappa shape index (κ3) is 4.41. The Morgan fingerprint density at radius 2 is 1.87 bits per heavy atom. The second kappa shape index (κ2) is 8.92. The second-order valence-electron chi connectivity index (χ2n) is 7.05. The van der Waals surface area contributed by atoms with Crippen LogP contribution in [0.5, 0.6) is 5.75 Å². The predicted molar refractivity (Wildman–Crippen MR) is 112 cm³/mol. The fourth-order valence-electron chi connectivity index (χ4n) is 3.45. The summed E-state index contributed by atoms with van der Waals surface area (Å²) in [5.41, 5.74) is 2.18. The number of amides is 1. The summed E-state index contributed by atoms with van der Waals surface area (Å²) >= 11 is 0. The zero-order valence-electron chi connectivity index (χ0n) is 16.7. The summed E-state index contributed by atoms with van der Waals surface area (Å²) in [7, 11) is 1.60. The maximum absolute atomic E-state index is 12.9. The fraction of sp³-hybridized carbons (Fsp3) is 0.261. The van der Waals surface area contributed by atoms with Gasteiger partial charge in [-0.1, -0.05) is 30.3 Å². The summed E-state index contributed by atoms with van der Waals surface area (Å²) in [4.78, 5) is 26.9. The van der Waals surface area contributed by atoms with Gasteiger partial charge in [0.15, 0.2) is 0 Å². The van der Waals surface area contributed by atoms with Crippen LogP contribution in [0.1, 0.15) is 11.7 Å². The molecule has 1 aromatic heterocycles. The number of carbonyl (C=O) groups is 1. The van der Waals surface area contributed by atoms with Gasteiger partial charge < -0.3 is 14.4 Å². The first-order valence-corrected chi connectivity index (χ1v) is 9.81. The molecule has 0 aliphatic carbocycles. The van der Waals surface area contributed by atoms with Crippen LogP contribution in [0.3, 0.4) is 0 Å². The minimum Gasteiger partial charge on any atom is -0.497 e. The van der Waals surface area contributed by atoms with Crippen LogP contribution in [-0.2, 0) is 16.1 Å². The number of hydrogen-bond donors (Lipinski definition) is 0. The van der Waals surface area contributed by atoms with E-state index < -0.39 is 0 Å². The number of aromatic nitrogens is 2. The van der Waals surface area contributed by atoms with E-state index in [0.717, 1.165) is 16.9 Å². The van der Waals surface area contributed by atoms with E-state index in [1.165, 1.54) is 10.7 Å². The number of benzene rings is 2. The first kappa shape index (κ1) is 19.8. The van der Waals surface area contributed by atoms with Crippen LogP contribution in [0.15, 0.2) is 71.5 Å². The van der Waals surface area contributed by atoms with E-state index in [9.17, 15) is 9.59 Å². The smallest absolute Gasteiger partial charge is 0.267 e. The summed E-state index contributed by atoms with van der Waals surface area (Å²) < 4.78 is 12.2. The third-order valence-electron chi connectivity index (χ3n) is 5.13. The van der Waals surface area contributed by atoms with Gasteiger partial charge in [0.1, 0.15) is 18.4 Å². The summed E-state index contributed by atoms with van der Waals surface area (Å²) in [6, 6.07) is 20.3. The lowest BCUT2D eigenvalue weighted by Crippen LogP contribution is -2.44. The molecule has 0 radical (unpaired) electrons. The molecular formula is C23H23N3O4. The van der Waals surface area contributed by atoms with Gasteiger partial charge in [-0.05, 0) is 35.9 Å². The zero-order chi connectivity index (χ0) is 20.9. The molecule has 1 fully saturated rings. The van der Waals surface area contributed by atoms with Gasteiger partial charge in [0, 0.05) is 18.2 Å². The first-order chi connectivity index (χ1) is 14.6. The van der Waals surface area contributed by atoms with Gasteiger partial charge in [-0.15, -0.1) is 0 Å². The van der Waals surface area contributed by atoms with Crippen molar-refractivity contribution in [3.05, 3.63) is 82.6 Å². The highest BCUT2D eigenvalue weighted by atomic mass is 16.5. The van der Waals surface area contributed by atoms with Crippen LogP contribution >= 0.6 is 0 Å². The van der Waals surface area contributed by atoms with Crippen LogP contribution in [0, 0.1) is 0 Å². The van der Waals surface area contributed by atoms with E-state index in [0.29, 0.717) is 25.4 Å². The number of rotatable bonds is 5. The maximum atomic E-state index is 12.9. The van der Waals surface area contributed by atoms with E-state index in [1.807, 2.05) is 54.6 Å². The number of morpholine rings is 1. The molecule has 1 atom stereocenters. The molecule has 0 bridgehead atoms. The highest BCUT2D eigenvalue weighted by Crippen LogP contribution is 2.22. The maximum Gasteiger partial charge on any atom is 0.267 e. The predicted octanol–water partition coefficient (Wildman–Crippen LogP) is 2.52. The highest BCUT2D eigenvalue weighted by molar-refractivity contribution is 5.76. The number of methoxy groups -OCH3 is 1. The molecule has 1 amide bonds. The molecule has 3 aromatic rings. The third-order valence-corrected chi connectivity index (χ3v) is 5.13. The van der Waals surface area contributed by atoms with Crippen molar-refractivity contribution in [2.45, 2.75) is 12.6 Å². The molecule has 7 nitrogen and oxygen atoms in total. The largest absolute Gasteiger partial charge is 0.497 e. The van der Waals surface area contributed by atoms with Gasteiger partial charge in [-0.2, -0.15) is 5.10 Å². The zero-order valence-corrected chi connectivity index (χ0v) is 16.7. The molecule has 0 saturated carbocycles. The molecule has 2 heterocycles. The molecule has 2 aromatic carbocycles. The summed E-state index contributed by atoms with van der Waals surface area (Å²) in [6.45, 7) is 1.30. The van der Waals surface area contributed by atoms with E-state index in [-0.39, 0.29) is 24.1 Å². The van der Waals surface area contributed by atoms with Crippen molar-refractivity contribution >= 4 is 5.91 Å². The average Bonchev–Trinajstić information content (AvgIpc) is 2.81. The molecule has 154 valence electrons. The Morgan fingerprint density at radius 1 is 1.10 bits per heavy atom. The van der Waals surface area contributed by atoms with Gasteiger partial charge in [0.25, 0.3) is 5.56 Å². The second-order valence-corrected chi connectivity index (χ2v) is 7.05. The number of nitrogens with zero attached hydrogens (tertiary/aromatic N) is 3. The number of hydrogen-bond acceptors (Lipinski definition) is 5. The lowest BCUT2D eigenvalue weighted by Gasteiger charge is -2.33. The Balaban J connectivity index is 1.49. The van der Waals surface area contributed by atoms with Gasteiger partial charge in [-0.3, -0.25) is 9.59 Å². The van der Waals surface area contributed by atoms with Crippen molar-refractivity contribution in [1.82, 2.24) is 14.7 Å². The van der Waals surface area contributed by atoms with Crippen LogP contribution in [0.4, 0.5) is 0 Å². The van der Waals surface area contributed by atoms with E-state index in [1.54, 1.807) is 18.1 Å². The molecule has 30 heavy (non-hydrogen) atoms. The van der Waals surface area contributed by atoms with Gasteiger partial charge >= 0.3 is 0 Å². The standard InChI is InChI=1S/C23H23N3O4/c1-29-19-9-7-17(8-10-19)20-11-12-22(27)26(24-20)16-23(28)25-13-14-30-21(15-25)18-5-3-2-4-6-18/h2-12,21H,13-16H2,1H3/t21-/m0/s1. The van der Waals surface area contributed by atoms with Crippen molar-refractivity contribution in [2.24, 2.45) is 0 Å². The van der Waals surface area contributed by atoms with Crippen molar-refractivity contribution in [2.75, 3.05) is 26.8 Å². The summed E-state index contributed by atoms with van der Waals surface area (Å²) in [5, 5.41) is 4.39. The quantitative estimate of drug-likeness (QED) is 0.652. The van der Waals surface area contributed by atoms with Crippen LogP contribution < -0.4 is 10.3 Å². The molecule has 1 aliphatic rings. The first-order valence-electron chi connectivity index (χ1n) is 9.81. The van der Waals surface area contributed by atoms with Gasteiger partial charge in [0.05, 0.1) is 26.0 Å². The van der Waals surface area contributed by atoms with Crippen molar-refractivity contribution in [3.8, 4) is 17.0 Å². The average molecular weight is 405 g/mol. The summed E-state index contributed by atoms with van der Waals surface area (Å²) in [5.74, 6) is 0.586. The lowest BCUT2D eigenvalue weighted by atomic mass is 10.1. The number of ether oxygens (including phenoxy) is 2. The molecular weight excluding hydrogens is 382 g/mol. The van der Waals surface area contributed by atoms with E-state index in [2.05, 4.69) is 5.10 Å². The molecule has 0 spiro atoms. The van der Waals surface area contributed by atoms with Crippen LogP contribution in [-0.4, -0.2) is 47.4 Å². The van der Waals surface area contributed by atoms with E-state index in [4.69, 9.17) is 9.47 Å². The Hall–Kier alpha value is -3.45. The van der Waals surface area contributed by atoms with Gasteiger partial charge in [-0.25, -0.2) is 4.68 Å². The van der Waals surface area contributed by atoms with Crippen molar-refractivity contribution in [1.29, 1.82) is 0 Å². The highest BCUT2D eigenvalue weighted by Gasteiger charge is 2.25. The molecule has 1 saturated heterocycles. The van der Waals surface area contributed by atoms with E-state index >= 15 is 0 Å². The fourth-order valence-corrected chi connectivity index (χ4v) is 3.45. The molecule has 0 N–H and O–H groups in total. The topological polar surface area (TPSA) is 73.7 Å². The Kier molecular flexibility index (Phi) is 5.90. The van der Waals surface area contributed by atoms with Crippen LogP contribution in [0.2, 0.25) is 0 Å². The Bertz CT molecular complexity index is 1060. The van der Waals surface area contributed by atoms with Crippen molar-refractivity contribution in [3.63, 3.8) is 0 Å². The Labute approximate surface area is 174 Å². The van der Waals surface area contributed by atoms with Gasteiger partial charge in [0.2, 0.25) is 5.91 Å². The van der Waals surface area contributed by atoms with Crippen LogP contribution in [0.25, 0.3) is 11.3 Å².